The fourth-order valence-electron chi connectivity index (χ4n) is 1.52. The predicted octanol–water partition coefficient (Wildman–Crippen LogP) is 5.21. The Morgan fingerprint density at radius 1 is 0.933 bits per heavy atom. The molecule has 0 N–H and O–H groups in total. The molecule has 0 heterocycles. The van der Waals surface area contributed by atoms with Crippen LogP contribution in [0.15, 0.2) is 25.3 Å². The average Bonchev–Trinajstić information content (AvgIpc) is 2.28. The lowest BCUT2D eigenvalue weighted by Gasteiger charge is -2.18. The Bertz CT molecular complexity index is 145. The summed E-state index contributed by atoms with van der Waals surface area (Å²) >= 11 is 2.03. The van der Waals surface area contributed by atoms with Crippen molar-refractivity contribution in [3.05, 3.63) is 25.3 Å². The third-order valence-electron chi connectivity index (χ3n) is 2.56. The summed E-state index contributed by atoms with van der Waals surface area (Å²) in [6.45, 7) is 12.3. The third-order valence-corrected chi connectivity index (χ3v) is 4.12. The van der Waals surface area contributed by atoms with Gasteiger partial charge in [-0.1, -0.05) is 51.7 Å². The van der Waals surface area contributed by atoms with E-state index in [1.54, 1.807) is 0 Å². The van der Waals surface area contributed by atoms with Crippen molar-refractivity contribution in [1.82, 2.24) is 0 Å². The molecule has 0 fully saturated rings. The van der Waals surface area contributed by atoms with E-state index in [0.717, 1.165) is 0 Å². The van der Waals surface area contributed by atoms with Gasteiger partial charge in [-0.25, -0.2) is 0 Å². The summed E-state index contributed by atoms with van der Waals surface area (Å²) in [4.78, 5) is 0. The molecule has 0 radical (unpaired) electrons. The minimum Gasteiger partial charge on any atom is -0.147 e. The summed E-state index contributed by atoms with van der Waals surface area (Å²) < 4.78 is 0. The second kappa shape index (κ2) is 10.4. The van der Waals surface area contributed by atoms with Crippen LogP contribution in [0.3, 0.4) is 0 Å². The molecule has 0 saturated heterocycles. The first-order chi connectivity index (χ1) is 7.28. The summed E-state index contributed by atoms with van der Waals surface area (Å²) in [5, 5.41) is 1.23. The van der Waals surface area contributed by atoms with E-state index in [4.69, 9.17) is 0 Å². The van der Waals surface area contributed by atoms with Gasteiger partial charge in [0.2, 0.25) is 0 Å². The normalized spacial score (nSPS) is 14.5. The SMILES string of the molecule is C=CC(CCCC)SC(C=C)CCCC. The van der Waals surface area contributed by atoms with E-state index in [9.17, 15) is 0 Å². The van der Waals surface area contributed by atoms with Gasteiger partial charge < -0.3 is 0 Å². The minimum atomic E-state index is 0.616. The van der Waals surface area contributed by atoms with Crippen LogP contribution in [-0.2, 0) is 0 Å². The molecule has 0 amide bonds. The molecule has 0 nitrogen and oxygen atoms in total. The fourth-order valence-corrected chi connectivity index (χ4v) is 2.79. The average molecular weight is 226 g/mol. The second-order valence-corrected chi connectivity index (χ2v) is 5.45. The fraction of sp³-hybridized carbons (Fsp3) is 0.714. The van der Waals surface area contributed by atoms with Gasteiger partial charge in [-0.05, 0) is 12.8 Å². The monoisotopic (exact) mass is 226 g/mol. The van der Waals surface area contributed by atoms with Crippen LogP contribution in [-0.4, -0.2) is 10.5 Å². The van der Waals surface area contributed by atoms with Gasteiger partial charge in [0.05, 0.1) is 0 Å². The van der Waals surface area contributed by atoms with Crippen molar-refractivity contribution in [1.29, 1.82) is 0 Å². The third kappa shape index (κ3) is 7.72. The largest absolute Gasteiger partial charge is 0.147 e. The smallest absolute Gasteiger partial charge is 0.0230 e. The molecule has 2 unspecified atom stereocenters. The topological polar surface area (TPSA) is 0 Å². The maximum atomic E-state index is 3.93. The zero-order valence-corrected chi connectivity index (χ0v) is 11.2. The Hall–Kier alpha value is -0.170. The van der Waals surface area contributed by atoms with Gasteiger partial charge in [0.25, 0.3) is 0 Å². The molecule has 0 aromatic rings. The number of hydrogen-bond donors (Lipinski definition) is 0. The van der Waals surface area contributed by atoms with Crippen molar-refractivity contribution >= 4 is 11.8 Å². The van der Waals surface area contributed by atoms with Crippen molar-refractivity contribution in [2.75, 3.05) is 0 Å². The van der Waals surface area contributed by atoms with Gasteiger partial charge in [-0.15, -0.1) is 24.9 Å². The quantitative estimate of drug-likeness (QED) is 0.461. The zero-order valence-electron chi connectivity index (χ0n) is 10.4. The molecule has 0 aromatic heterocycles. The highest BCUT2D eigenvalue weighted by Gasteiger charge is 2.10. The van der Waals surface area contributed by atoms with E-state index in [-0.39, 0.29) is 0 Å². The maximum absolute atomic E-state index is 3.93. The molecule has 0 rings (SSSR count). The van der Waals surface area contributed by atoms with Gasteiger partial charge in [0.1, 0.15) is 0 Å². The van der Waals surface area contributed by atoms with E-state index >= 15 is 0 Å². The Kier molecular flexibility index (Phi) is 10.2. The second-order valence-electron chi connectivity index (χ2n) is 3.97. The van der Waals surface area contributed by atoms with Crippen LogP contribution in [0.1, 0.15) is 52.4 Å². The Morgan fingerprint density at radius 3 is 1.60 bits per heavy atom. The van der Waals surface area contributed by atoms with Gasteiger partial charge in [0.15, 0.2) is 0 Å². The molecule has 0 aliphatic rings. The molecule has 2 atom stereocenters. The molecular formula is C14H26S. The van der Waals surface area contributed by atoms with Crippen LogP contribution < -0.4 is 0 Å². The van der Waals surface area contributed by atoms with Crippen LogP contribution in [0, 0.1) is 0 Å². The van der Waals surface area contributed by atoms with Crippen LogP contribution in [0.25, 0.3) is 0 Å². The molecular weight excluding hydrogens is 200 g/mol. The van der Waals surface area contributed by atoms with Gasteiger partial charge in [-0.3, -0.25) is 0 Å². The van der Waals surface area contributed by atoms with E-state index < -0.39 is 0 Å². The summed E-state index contributed by atoms with van der Waals surface area (Å²) in [6.07, 6.45) is 11.9. The lowest BCUT2D eigenvalue weighted by molar-refractivity contribution is 0.721. The lowest BCUT2D eigenvalue weighted by atomic mass is 10.2. The van der Waals surface area contributed by atoms with Crippen LogP contribution in [0.2, 0.25) is 0 Å². The van der Waals surface area contributed by atoms with E-state index in [2.05, 4.69) is 39.2 Å². The van der Waals surface area contributed by atoms with Crippen LogP contribution >= 0.6 is 11.8 Å². The van der Waals surface area contributed by atoms with Crippen LogP contribution in [0.5, 0.6) is 0 Å². The highest BCUT2D eigenvalue weighted by Crippen LogP contribution is 2.27. The highest BCUT2D eigenvalue weighted by molar-refractivity contribution is 8.00. The lowest BCUT2D eigenvalue weighted by Crippen LogP contribution is -2.07. The molecule has 0 aliphatic carbocycles. The van der Waals surface area contributed by atoms with Crippen LogP contribution in [0.4, 0.5) is 0 Å². The zero-order chi connectivity index (χ0) is 11.5. The number of unbranched alkanes of at least 4 members (excludes halogenated alkanes) is 2. The van der Waals surface area contributed by atoms with Crippen molar-refractivity contribution in [3.8, 4) is 0 Å². The van der Waals surface area contributed by atoms with Crippen molar-refractivity contribution in [2.24, 2.45) is 0 Å². The summed E-state index contributed by atoms with van der Waals surface area (Å²) in [5.74, 6) is 0. The Balaban J connectivity index is 3.88. The first-order valence-corrected chi connectivity index (χ1v) is 7.13. The minimum absolute atomic E-state index is 0.616. The van der Waals surface area contributed by atoms with Gasteiger partial charge in [-0.2, -0.15) is 0 Å². The summed E-state index contributed by atoms with van der Waals surface area (Å²) in [5.41, 5.74) is 0. The van der Waals surface area contributed by atoms with Gasteiger partial charge in [0, 0.05) is 10.5 Å². The summed E-state index contributed by atoms with van der Waals surface area (Å²) in [7, 11) is 0. The molecule has 0 spiro atoms. The number of thioether (sulfide) groups is 1. The van der Waals surface area contributed by atoms with Gasteiger partial charge >= 0.3 is 0 Å². The molecule has 0 saturated carbocycles. The predicted molar refractivity (Wildman–Crippen MR) is 74.6 cm³/mol. The van der Waals surface area contributed by atoms with Crippen molar-refractivity contribution in [2.45, 2.75) is 62.9 Å². The van der Waals surface area contributed by atoms with Crippen molar-refractivity contribution < 1.29 is 0 Å². The number of hydrogen-bond acceptors (Lipinski definition) is 1. The molecule has 1 heteroatoms. The highest BCUT2D eigenvalue weighted by atomic mass is 32.2. The first-order valence-electron chi connectivity index (χ1n) is 6.19. The number of rotatable bonds is 10. The van der Waals surface area contributed by atoms with Crippen molar-refractivity contribution in [3.63, 3.8) is 0 Å². The Morgan fingerprint density at radius 2 is 1.33 bits per heavy atom. The van der Waals surface area contributed by atoms with E-state index in [1.165, 1.54) is 38.5 Å². The maximum Gasteiger partial charge on any atom is 0.0230 e. The standard InChI is InChI=1S/C14H26S/c1-5-9-11-13(7-3)15-14(8-4)12-10-6-2/h7-8,13-14H,3-6,9-12H2,1-2H3. The Labute approximate surface area is 100 Å². The summed E-state index contributed by atoms with van der Waals surface area (Å²) in [6, 6.07) is 0. The first kappa shape index (κ1) is 14.8. The molecule has 0 bridgehead atoms. The molecule has 88 valence electrons. The molecule has 0 aliphatic heterocycles. The molecule has 0 aromatic carbocycles. The van der Waals surface area contributed by atoms with E-state index in [0.29, 0.717) is 10.5 Å². The van der Waals surface area contributed by atoms with E-state index in [1.807, 2.05) is 11.8 Å². The molecule has 15 heavy (non-hydrogen) atoms.